The topological polar surface area (TPSA) is 117 Å². The summed E-state index contributed by atoms with van der Waals surface area (Å²) in [7, 11) is 0. The number of nitrogens with one attached hydrogen (secondary N) is 1. The molecule has 1 heterocycles. The Balaban J connectivity index is 2.53. The van der Waals surface area contributed by atoms with Gasteiger partial charge in [0.05, 0.1) is 6.42 Å². The average Bonchev–Trinajstić information content (AvgIpc) is 2.90. The van der Waals surface area contributed by atoms with Crippen LogP contribution in [-0.2, 0) is 16.0 Å². The number of nitrogens with zero attached hydrogens (tertiary/aromatic N) is 3. The summed E-state index contributed by atoms with van der Waals surface area (Å²) < 4.78 is 6.88. The van der Waals surface area contributed by atoms with E-state index in [4.69, 9.17) is 9.84 Å². The fraction of sp³-hybridized carbons (Fsp3) is 0.429. The molecular weight excluding hydrogens is 372 g/mol. The second-order valence-corrected chi connectivity index (χ2v) is 8.07. The molecule has 0 atom stereocenters. The number of rotatable bonds is 5. The lowest BCUT2D eigenvalue weighted by Crippen LogP contribution is -2.28. The fourth-order valence-corrected chi connectivity index (χ4v) is 2.90. The van der Waals surface area contributed by atoms with Gasteiger partial charge in [0.2, 0.25) is 0 Å². The number of carboxylic acid groups (broad SMARTS) is 1. The Bertz CT molecular complexity index is 978. The molecule has 1 aromatic heterocycles. The van der Waals surface area contributed by atoms with E-state index in [0.29, 0.717) is 16.8 Å². The molecule has 0 bridgehead atoms. The van der Waals surface area contributed by atoms with Gasteiger partial charge in [0.25, 0.3) is 0 Å². The van der Waals surface area contributed by atoms with Crippen LogP contribution in [0.1, 0.15) is 57.4 Å². The third kappa shape index (κ3) is 5.35. The van der Waals surface area contributed by atoms with E-state index in [9.17, 15) is 14.9 Å². The van der Waals surface area contributed by atoms with Gasteiger partial charge in [-0.05, 0) is 52.7 Å². The Morgan fingerprint density at radius 2 is 2.00 bits per heavy atom. The van der Waals surface area contributed by atoms with Crippen LogP contribution in [0.25, 0.3) is 11.3 Å². The van der Waals surface area contributed by atoms with Crippen molar-refractivity contribution in [2.45, 2.75) is 59.6 Å². The number of hydrogen-bond acceptors (Lipinski definition) is 5. The molecule has 8 heteroatoms. The Labute approximate surface area is 170 Å². The fourth-order valence-electron chi connectivity index (χ4n) is 2.90. The molecule has 0 spiro atoms. The maximum atomic E-state index is 12.3. The van der Waals surface area contributed by atoms with Gasteiger partial charge in [-0.3, -0.25) is 10.1 Å². The van der Waals surface area contributed by atoms with Gasteiger partial charge in [-0.15, -0.1) is 0 Å². The molecule has 0 aliphatic carbocycles. The van der Waals surface area contributed by atoms with Crippen molar-refractivity contribution in [3.05, 3.63) is 34.9 Å². The van der Waals surface area contributed by atoms with E-state index in [1.807, 2.05) is 20.8 Å². The molecular formula is C21H26N4O4. The standard InChI is InChI=1S/C21H26N4O4/c1-12(2)25-19(23-20(28)29-21(4,5)6)16(11-22)18(24-25)15-8-7-14(9-13(15)3)10-17(26)27/h7-9,12H,10H2,1-6H3,(H,23,28)(H,26,27). The van der Waals surface area contributed by atoms with Crippen LogP contribution in [0.5, 0.6) is 0 Å². The summed E-state index contributed by atoms with van der Waals surface area (Å²) in [5.74, 6) is -0.649. The largest absolute Gasteiger partial charge is 0.481 e. The first-order valence-corrected chi connectivity index (χ1v) is 9.27. The minimum absolute atomic E-state index is 0.0852. The highest BCUT2D eigenvalue weighted by Gasteiger charge is 2.25. The summed E-state index contributed by atoms with van der Waals surface area (Å²) in [5.41, 5.74) is 2.11. The summed E-state index contributed by atoms with van der Waals surface area (Å²) in [4.78, 5) is 23.2. The summed E-state index contributed by atoms with van der Waals surface area (Å²) >= 11 is 0. The van der Waals surface area contributed by atoms with E-state index >= 15 is 0 Å². The lowest BCUT2D eigenvalue weighted by Gasteiger charge is -2.20. The lowest BCUT2D eigenvalue weighted by atomic mass is 9.99. The first-order valence-electron chi connectivity index (χ1n) is 9.27. The van der Waals surface area contributed by atoms with Crippen molar-refractivity contribution in [2.24, 2.45) is 0 Å². The van der Waals surface area contributed by atoms with Crippen LogP contribution in [0.15, 0.2) is 18.2 Å². The number of aliphatic carboxylic acids is 1. The summed E-state index contributed by atoms with van der Waals surface area (Å²) in [6.45, 7) is 10.9. The SMILES string of the molecule is Cc1cc(CC(=O)O)ccc1-c1nn(C(C)C)c(NC(=O)OC(C)(C)C)c1C#N. The third-order valence-corrected chi connectivity index (χ3v) is 4.03. The predicted molar refractivity (Wildman–Crippen MR) is 109 cm³/mol. The molecule has 0 aliphatic rings. The van der Waals surface area contributed by atoms with Crippen molar-refractivity contribution in [2.75, 3.05) is 5.32 Å². The minimum atomic E-state index is -0.914. The molecule has 1 aromatic carbocycles. The van der Waals surface area contributed by atoms with Crippen molar-refractivity contribution in [3.8, 4) is 17.3 Å². The van der Waals surface area contributed by atoms with Gasteiger partial charge >= 0.3 is 12.1 Å². The van der Waals surface area contributed by atoms with Gasteiger partial charge in [-0.25, -0.2) is 9.48 Å². The summed E-state index contributed by atoms with van der Waals surface area (Å²) in [6.07, 6.45) is -0.756. The Morgan fingerprint density at radius 1 is 1.34 bits per heavy atom. The Morgan fingerprint density at radius 3 is 2.48 bits per heavy atom. The minimum Gasteiger partial charge on any atom is -0.481 e. The van der Waals surface area contributed by atoms with Crippen molar-refractivity contribution < 1.29 is 19.4 Å². The molecule has 2 rings (SSSR count). The maximum absolute atomic E-state index is 12.3. The molecule has 2 aromatic rings. The van der Waals surface area contributed by atoms with Crippen LogP contribution in [-0.4, -0.2) is 32.6 Å². The number of hydrogen-bond donors (Lipinski definition) is 2. The monoisotopic (exact) mass is 398 g/mol. The van der Waals surface area contributed by atoms with Crippen LogP contribution in [0.4, 0.5) is 10.6 Å². The zero-order valence-corrected chi connectivity index (χ0v) is 17.5. The van der Waals surface area contributed by atoms with Gasteiger partial charge in [-0.2, -0.15) is 10.4 Å². The van der Waals surface area contributed by atoms with E-state index in [1.54, 1.807) is 43.7 Å². The number of carbonyl (C=O) groups is 2. The van der Waals surface area contributed by atoms with E-state index in [-0.39, 0.29) is 23.8 Å². The molecule has 0 aliphatic heterocycles. The molecule has 8 nitrogen and oxygen atoms in total. The number of aromatic nitrogens is 2. The van der Waals surface area contributed by atoms with Gasteiger partial charge in [-0.1, -0.05) is 18.2 Å². The zero-order valence-electron chi connectivity index (χ0n) is 17.5. The zero-order chi connectivity index (χ0) is 21.9. The smallest absolute Gasteiger partial charge is 0.413 e. The highest BCUT2D eigenvalue weighted by atomic mass is 16.6. The number of ether oxygens (including phenoxy) is 1. The van der Waals surface area contributed by atoms with E-state index in [2.05, 4.69) is 16.5 Å². The molecule has 0 saturated carbocycles. The van der Waals surface area contributed by atoms with Crippen LogP contribution in [0, 0.1) is 18.3 Å². The van der Waals surface area contributed by atoms with Crippen molar-refractivity contribution in [1.82, 2.24) is 9.78 Å². The van der Waals surface area contributed by atoms with Gasteiger partial charge < -0.3 is 9.84 Å². The molecule has 0 fully saturated rings. The van der Waals surface area contributed by atoms with Crippen LogP contribution in [0.2, 0.25) is 0 Å². The van der Waals surface area contributed by atoms with Crippen molar-refractivity contribution in [3.63, 3.8) is 0 Å². The Kier molecular flexibility index (Phi) is 6.32. The molecule has 1 amide bonds. The number of carbonyl (C=O) groups excluding carboxylic acids is 1. The van der Waals surface area contributed by atoms with E-state index in [1.165, 1.54) is 0 Å². The Hall–Kier alpha value is -3.34. The molecule has 0 unspecified atom stereocenters. The highest BCUT2D eigenvalue weighted by molar-refractivity contribution is 5.88. The van der Waals surface area contributed by atoms with Gasteiger partial charge in [0, 0.05) is 11.6 Å². The average molecular weight is 398 g/mol. The molecule has 0 radical (unpaired) electrons. The first kappa shape index (κ1) is 22.0. The molecule has 154 valence electrons. The van der Waals surface area contributed by atoms with Crippen LogP contribution < -0.4 is 5.32 Å². The summed E-state index contributed by atoms with van der Waals surface area (Å²) in [6, 6.07) is 7.23. The molecule has 0 saturated heterocycles. The lowest BCUT2D eigenvalue weighted by molar-refractivity contribution is -0.136. The summed E-state index contributed by atoms with van der Waals surface area (Å²) in [5, 5.41) is 26.0. The number of anilines is 1. The third-order valence-electron chi connectivity index (χ3n) is 4.03. The van der Waals surface area contributed by atoms with Gasteiger partial charge in [0.15, 0.2) is 5.82 Å². The van der Waals surface area contributed by atoms with Crippen LogP contribution in [0.3, 0.4) is 0 Å². The number of nitriles is 1. The second-order valence-electron chi connectivity index (χ2n) is 8.07. The quantitative estimate of drug-likeness (QED) is 0.776. The van der Waals surface area contributed by atoms with Crippen LogP contribution >= 0.6 is 0 Å². The van der Waals surface area contributed by atoms with Crippen molar-refractivity contribution in [1.29, 1.82) is 5.26 Å². The van der Waals surface area contributed by atoms with E-state index in [0.717, 1.165) is 5.56 Å². The van der Waals surface area contributed by atoms with Crippen molar-refractivity contribution >= 4 is 17.9 Å². The highest BCUT2D eigenvalue weighted by Crippen LogP contribution is 2.33. The molecule has 29 heavy (non-hydrogen) atoms. The predicted octanol–water partition coefficient (Wildman–Crippen LogP) is 4.29. The second kappa shape index (κ2) is 8.35. The molecule has 2 N–H and O–H groups in total. The number of carboxylic acids is 1. The van der Waals surface area contributed by atoms with E-state index < -0.39 is 17.7 Å². The maximum Gasteiger partial charge on any atom is 0.413 e. The number of amides is 1. The van der Waals surface area contributed by atoms with Gasteiger partial charge in [0.1, 0.15) is 22.9 Å². The first-order chi connectivity index (χ1) is 13.4. The number of aryl methyl sites for hydroxylation is 1. The number of benzene rings is 1. The normalized spacial score (nSPS) is 11.2.